The molecule has 0 aromatic heterocycles. The molecule has 0 amide bonds. The van der Waals surface area contributed by atoms with Gasteiger partial charge < -0.3 is 40.5 Å². The summed E-state index contributed by atoms with van der Waals surface area (Å²) in [5.41, 5.74) is 0. The molecule has 0 heterocycles. The molecule has 13 heavy (non-hydrogen) atoms. The SMILES string of the molecule is O=N[O-].O=N[O-].O=N[O-].O=N[O-].[U+4]. The summed E-state index contributed by atoms with van der Waals surface area (Å²) in [5.74, 6) is 0. The minimum Gasteiger partial charge on any atom is -0.444 e. The van der Waals surface area contributed by atoms with Gasteiger partial charge in [0.15, 0.2) is 0 Å². The van der Waals surface area contributed by atoms with Crippen LogP contribution in [0, 0.1) is 71.6 Å². The van der Waals surface area contributed by atoms with Gasteiger partial charge in [0, 0.05) is 0 Å². The van der Waals surface area contributed by atoms with Crippen molar-refractivity contribution in [3.8, 4) is 0 Å². The van der Waals surface area contributed by atoms with Crippen molar-refractivity contribution in [1.82, 2.24) is 0 Å². The summed E-state index contributed by atoms with van der Waals surface area (Å²) < 4.78 is 0. The maximum atomic E-state index is 8.00. The van der Waals surface area contributed by atoms with Crippen molar-refractivity contribution in [2.45, 2.75) is 0 Å². The first-order valence-corrected chi connectivity index (χ1v) is 1.46. The van der Waals surface area contributed by atoms with Gasteiger partial charge in [-0.3, -0.25) is 0 Å². The molecule has 0 saturated carbocycles. The predicted octanol–water partition coefficient (Wildman–Crippen LogP) is 1.00. The van der Waals surface area contributed by atoms with Gasteiger partial charge >= 0.3 is 31.1 Å². The van der Waals surface area contributed by atoms with Gasteiger partial charge in [0.05, 0.1) is 0 Å². The van der Waals surface area contributed by atoms with E-state index >= 15 is 0 Å². The zero-order valence-corrected chi connectivity index (χ0v) is 9.72. The molecule has 0 spiro atoms. The summed E-state index contributed by atoms with van der Waals surface area (Å²) in [4.78, 5) is 32.0. The molecule has 0 aliphatic heterocycles. The molecule has 0 radical (unpaired) electrons. The molecule has 0 unspecified atom stereocenters. The van der Waals surface area contributed by atoms with E-state index in [4.69, 9.17) is 40.5 Å². The van der Waals surface area contributed by atoms with Crippen LogP contribution in [0.2, 0.25) is 0 Å². The molecule has 0 aliphatic carbocycles. The second kappa shape index (κ2) is 141. The Morgan fingerprint density at radius 2 is 0.538 bits per heavy atom. The van der Waals surface area contributed by atoms with Gasteiger partial charge in [-0.15, -0.1) is 21.4 Å². The first-order chi connectivity index (χ1) is 5.66. The maximum Gasteiger partial charge on any atom is 4.00 e. The molecule has 0 aromatic rings. The largest absolute Gasteiger partial charge is 4.00 e. The summed E-state index contributed by atoms with van der Waals surface area (Å²) in [6, 6.07) is 0. The van der Waals surface area contributed by atoms with Crippen molar-refractivity contribution < 1.29 is 31.1 Å². The second-order valence-electron chi connectivity index (χ2n) is 0.298. The molecule has 0 saturated heterocycles. The fraction of sp³-hybridized carbons (Fsp3) is 0. The van der Waals surface area contributed by atoms with E-state index in [1.54, 1.807) is 0 Å². The fourth-order valence-electron chi connectivity index (χ4n) is 0. The van der Waals surface area contributed by atoms with Crippen molar-refractivity contribution in [3.63, 3.8) is 0 Å². The molecule has 12 nitrogen and oxygen atoms in total. The third kappa shape index (κ3) is 439. The Morgan fingerprint density at radius 1 is 0.538 bits per heavy atom. The molecular weight excluding hydrogens is 422 g/mol. The minimum absolute atomic E-state index is 0. The summed E-state index contributed by atoms with van der Waals surface area (Å²) in [7, 11) is 0. The summed E-state index contributed by atoms with van der Waals surface area (Å²) in [6.07, 6.45) is 0. The Balaban J connectivity index is -0.0000000213. The van der Waals surface area contributed by atoms with Crippen LogP contribution in [0.3, 0.4) is 0 Å². The van der Waals surface area contributed by atoms with Crippen LogP contribution in [0.1, 0.15) is 0 Å². The molecule has 0 aliphatic rings. The Labute approximate surface area is 93.0 Å². The van der Waals surface area contributed by atoms with E-state index in [0.29, 0.717) is 0 Å². The summed E-state index contributed by atoms with van der Waals surface area (Å²) in [6.45, 7) is 0. The second-order valence-corrected chi connectivity index (χ2v) is 0.298. The molecule has 0 fully saturated rings. The number of hydrogen-bond donors (Lipinski definition) is 0. The number of hydrogen-bond acceptors (Lipinski definition) is 12. The van der Waals surface area contributed by atoms with E-state index in [-0.39, 0.29) is 31.1 Å². The molecular formula is N4O8U. The van der Waals surface area contributed by atoms with Crippen molar-refractivity contribution in [2.24, 2.45) is 21.4 Å². The van der Waals surface area contributed by atoms with Crippen molar-refractivity contribution >= 4 is 0 Å². The average Bonchev–Trinajstić information content (AvgIpc) is 1.92. The van der Waals surface area contributed by atoms with E-state index < -0.39 is 0 Å². The summed E-state index contributed by atoms with van der Waals surface area (Å²) >= 11 is 0. The Bertz CT molecular complexity index is 70.1. The van der Waals surface area contributed by atoms with Crippen LogP contribution in [-0.2, 0) is 0 Å². The maximum absolute atomic E-state index is 8.00. The Hall–Kier alpha value is -1.35. The number of nitrogens with zero attached hydrogens (tertiary/aromatic N) is 4. The predicted molar refractivity (Wildman–Crippen MR) is 36.6 cm³/mol. The average molecular weight is 422 g/mol. The van der Waals surface area contributed by atoms with E-state index in [1.807, 2.05) is 0 Å². The molecule has 72 valence electrons. The normalized spacial score (nSPS) is 3.69. The van der Waals surface area contributed by atoms with Crippen LogP contribution in [0.25, 0.3) is 0 Å². The van der Waals surface area contributed by atoms with Gasteiger partial charge in [-0.1, -0.05) is 0 Å². The zero-order chi connectivity index (χ0) is 10.8. The third-order valence-electron chi connectivity index (χ3n) is 0. The van der Waals surface area contributed by atoms with Gasteiger partial charge in [0.2, 0.25) is 0 Å². The first-order valence-electron chi connectivity index (χ1n) is 1.46. The van der Waals surface area contributed by atoms with Gasteiger partial charge in [-0.05, 0) is 0 Å². The molecule has 0 rings (SSSR count). The quantitative estimate of drug-likeness (QED) is 0.405. The topological polar surface area (TPSA) is 210 Å². The monoisotopic (exact) mass is 422 g/mol. The molecule has 0 N–H and O–H groups in total. The third-order valence-corrected chi connectivity index (χ3v) is 0. The van der Waals surface area contributed by atoms with Crippen molar-refractivity contribution in [1.29, 1.82) is 0 Å². The fourth-order valence-corrected chi connectivity index (χ4v) is 0. The first kappa shape index (κ1) is 29.9. The van der Waals surface area contributed by atoms with Crippen LogP contribution >= 0.6 is 0 Å². The van der Waals surface area contributed by atoms with Gasteiger partial charge in [0.25, 0.3) is 0 Å². The van der Waals surface area contributed by atoms with Crippen LogP contribution in [0.4, 0.5) is 0 Å². The van der Waals surface area contributed by atoms with Gasteiger partial charge in [-0.25, -0.2) is 0 Å². The van der Waals surface area contributed by atoms with E-state index in [1.165, 1.54) is 0 Å². The standard InChI is InChI=1S/4HNO2.U/c4*2-1-3;/h4*(H,2,3);/q;;;;+4/p-4. The Morgan fingerprint density at radius 3 is 0.538 bits per heavy atom. The summed E-state index contributed by atoms with van der Waals surface area (Å²) in [5, 5.41) is 36.0. The zero-order valence-electron chi connectivity index (χ0n) is 5.55. The Kier molecular flexibility index (Phi) is 324. The smallest absolute Gasteiger partial charge is 0.444 e. The molecule has 0 bridgehead atoms. The molecule has 13 heteroatoms. The van der Waals surface area contributed by atoms with E-state index in [0.717, 1.165) is 21.4 Å². The number of rotatable bonds is 0. The van der Waals surface area contributed by atoms with Crippen LogP contribution < -0.4 is 0 Å². The molecule has 0 atom stereocenters. The van der Waals surface area contributed by atoms with Crippen LogP contribution in [0.15, 0.2) is 21.4 Å². The van der Waals surface area contributed by atoms with Crippen molar-refractivity contribution in [2.75, 3.05) is 0 Å². The van der Waals surface area contributed by atoms with Gasteiger partial charge in [0.1, 0.15) is 0 Å². The van der Waals surface area contributed by atoms with E-state index in [2.05, 4.69) is 0 Å². The van der Waals surface area contributed by atoms with Crippen molar-refractivity contribution in [3.05, 3.63) is 40.5 Å². The van der Waals surface area contributed by atoms with Crippen LogP contribution in [-0.4, -0.2) is 0 Å². The van der Waals surface area contributed by atoms with Crippen LogP contribution in [0.5, 0.6) is 0 Å². The van der Waals surface area contributed by atoms with E-state index in [9.17, 15) is 0 Å². The molecule has 0 aromatic carbocycles. The minimum atomic E-state index is 0. The van der Waals surface area contributed by atoms with Gasteiger partial charge in [-0.2, -0.15) is 0 Å².